The topological polar surface area (TPSA) is 6.48 Å². The number of hydrogen-bond acceptors (Lipinski definition) is 2. The van der Waals surface area contributed by atoms with Gasteiger partial charge in [0, 0.05) is 18.6 Å². The molecule has 0 aromatic rings. The molecule has 1 atom stereocenters. The van der Waals surface area contributed by atoms with Crippen LogP contribution in [-0.2, 0) is 0 Å². The second kappa shape index (κ2) is 4.06. The van der Waals surface area contributed by atoms with Gasteiger partial charge in [-0.05, 0) is 39.7 Å². The van der Waals surface area contributed by atoms with E-state index in [0.29, 0.717) is 11.6 Å². The summed E-state index contributed by atoms with van der Waals surface area (Å²) in [6.07, 6.45) is 1.85. The van der Waals surface area contributed by atoms with E-state index in [-0.39, 0.29) is 5.54 Å². The van der Waals surface area contributed by atoms with E-state index in [9.17, 15) is 0 Å². The Morgan fingerprint density at radius 3 is 1.80 bits per heavy atom. The summed E-state index contributed by atoms with van der Waals surface area (Å²) in [5, 5.41) is 0. The molecular weight excluding hydrogens is 184 g/mol. The van der Waals surface area contributed by atoms with E-state index >= 15 is 0 Å². The van der Waals surface area contributed by atoms with Crippen molar-refractivity contribution in [2.45, 2.75) is 59.7 Å². The smallest absolute Gasteiger partial charge is 0.0674 e. The lowest BCUT2D eigenvalue weighted by molar-refractivity contribution is -0.0892. The van der Waals surface area contributed by atoms with Gasteiger partial charge in [0.1, 0.15) is 0 Å². The second-order valence-corrected chi connectivity index (χ2v) is 6.94. The van der Waals surface area contributed by atoms with Crippen LogP contribution in [0, 0.1) is 5.41 Å². The van der Waals surface area contributed by atoms with Gasteiger partial charge in [0.05, 0.1) is 6.17 Å². The molecule has 0 saturated carbocycles. The molecule has 1 aliphatic heterocycles. The van der Waals surface area contributed by atoms with Crippen molar-refractivity contribution >= 4 is 0 Å². The Hall–Kier alpha value is -0.0800. The minimum Gasteiger partial charge on any atom is -0.290 e. The maximum atomic E-state index is 2.65. The first-order chi connectivity index (χ1) is 6.64. The quantitative estimate of drug-likeness (QED) is 0.609. The van der Waals surface area contributed by atoms with E-state index in [0.717, 1.165) is 0 Å². The normalized spacial score (nSPS) is 27.0. The van der Waals surface area contributed by atoms with E-state index < -0.39 is 0 Å². The molecule has 0 radical (unpaired) electrons. The van der Waals surface area contributed by atoms with Crippen molar-refractivity contribution in [3.05, 3.63) is 0 Å². The van der Waals surface area contributed by atoms with Crippen LogP contribution < -0.4 is 0 Å². The Bertz CT molecular complexity index is 210. The van der Waals surface area contributed by atoms with Gasteiger partial charge in [0.2, 0.25) is 0 Å². The maximum absolute atomic E-state index is 2.65. The van der Waals surface area contributed by atoms with Crippen LogP contribution in [0.2, 0.25) is 0 Å². The highest BCUT2D eigenvalue weighted by Gasteiger charge is 2.40. The first-order valence-electron chi connectivity index (χ1n) is 6.11. The fraction of sp³-hybridized carbons (Fsp3) is 1.00. The molecule has 0 N–H and O–H groups in total. The zero-order valence-corrected chi connectivity index (χ0v) is 11.6. The molecular formula is C13H28N2. The fourth-order valence-electron chi connectivity index (χ4n) is 2.80. The molecule has 0 aliphatic carbocycles. The van der Waals surface area contributed by atoms with Gasteiger partial charge >= 0.3 is 0 Å². The summed E-state index contributed by atoms with van der Waals surface area (Å²) >= 11 is 0. The van der Waals surface area contributed by atoms with Gasteiger partial charge in [-0.1, -0.05) is 20.8 Å². The summed E-state index contributed by atoms with van der Waals surface area (Å²) in [4.78, 5) is 5.16. The molecule has 0 amide bonds. The summed E-state index contributed by atoms with van der Waals surface area (Å²) in [6.45, 7) is 16.5. The lowest BCUT2D eigenvalue weighted by Crippen LogP contribution is -2.63. The van der Waals surface area contributed by atoms with Crippen molar-refractivity contribution in [3.63, 3.8) is 0 Å². The molecule has 0 bridgehead atoms. The number of rotatable bonds is 0. The third-order valence-corrected chi connectivity index (χ3v) is 3.26. The predicted octanol–water partition coefficient (Wildman–Crippen LogP) is 2.79. The number of hydrogen-bond donors (Lipinski definition) is 0. The van der Waals surface area contributed by atoms with Gasteiger partial charge in [-0.25, -0.2) is 0 Å². The van der Waals surface area contributed by atoms with E-state index in [1.807, 2.05) is 0 Å². The van der Waals surface area contributed by atoms with Crippen LogP contribution in [0.25, 0.3) is 0 Å². The Labute approximate surface area is 95.6 Å². The van der Waals surface area contributed by atoms with Gasteiger partial charge in [-0.2, -0.15) is 0 Å². The molecule has 1 heterocycles. The van der Waals surface area contributed by atoms with Crippen LogP contribution in [0.3, 0.4) is 0 Å². The third kappa shape index (κ3) is 2.94. The van der Waals surface area contributed by atoms with Crippen molar-refractivity contribution in [2.75, 3.05) is 20.1 Å². The first-order valence-corrected chi connectivity index (χ1v) is 6.11. The summed E-state index contributed by atoms with van der Waals surface area (Å²) in [7, 11) is 2.26. The average molecular weight is 212 g/mol. The zero-order valence-electron chi connectivity index (χ0n) is 11.6. The Morgan fingerprint density at radius 2 is 1.47 bits per heavy atom. The predicted molar refractivity (Wildman–Crippen MR) is 66.9 cm³/mol. The largest absolute Gasteiger partial charge is 0.290 e. The number of nitrogens with zero attached hydrogens (tertiary/aromatic N) is 2. The minimum absolute atomic E-state index is 0.270. The molecule has 0 aromatic heterocycles. The monoisotopic (exact) mass is 212 g/mol. The molecule has 0 aromatic carbocycles. The van der Waals surface area contributed by atoms with Crippen molar-refractivity contribution in [1.82, 2.24) is 9.80 Å². The molecule has 0 spiro atoms. The van der Waals surface area contributed by atoms with E-state index in [1.54, 1.807) is 0 Å². The van der Waals surface area contributed by atoms with Gasteiger partial charge in [0.25, 0.3) is 0 Å². The highest BCUT2D eigenvalue weighted by molar-refractivity contribution is 4.91. The van der Waals surface area contributed by atoms with Crippen LogP contribution >= 0.6 is 0 Å². The molecule has 1 saturated heterocycles. The van der Waals surface area contributed by atoms with Crippen LogP contribution in [0.5, 0.6) is 0 Å². The van der Waals surface area contributed by atoms with Gasteiger partial charge in [-0.15, -0.1) is 0 Å². The first kappa shape index (κ1) is 13.0. The molecule has 1 rings (SSSR count). The summed E-state index contributed by atoms with van der Waals surface area (Å²) in [5.74, 6) is 0. The molecule has 1 aliphatic rings. The summed E-state index contributed by atoms with van der Waals surface area (Å²) in [5.41, 5.74) is 0.592. The lowest BCUT2D eigenvalue weighted by Gasteiger charge is -2.54. The lowest BCUT2D eigenvalue weighted by atomic mass is 9.86. The summed E-state index contributed by atoms with van der Waals surface area (Å²) in [6, 6.07) is 0. The van der Waals surface area contributed by atoms with Crippen LogP contribution in [0.4, 0.5) is 0 Å². The van der Waals surface area contributed by atoms with Crippen molar-refractivity contribution < 1.29 is 0 Å². The van der Waals surface area contributed by atoms with E-state index in [4.69, 9.17) is 0 Å². The van der Waals surface area contributed by atoms with Gasteiger partial charge in [-0.3, -0.25) is 9.80 Å². The maximum Gasteiger partial charge on any atom is 0.0674 e. The van der Waals surface area contributed by atoms with Crippen LogP contribution in [-0.4, -0.2) is 41.6 Å². The van der Waals surface area contributed by atoms with Crippen molar-refractivity contribution in [2.24, 2.45) is 5.41 Å². The zero-order chi connectivity index (χ0) is 11.9. The highest BCUT2D eigenvalue weighted by atomic mass is 15.4. The third-order valence-electron chi connectivity index (χ3n) is 3.26. The van der Waals surface area contributed by atoms with Gasteiger partial charge in [0.15, 0.2) is 0 Å². The Kier molecular flexibility index (Phi) is 3.52. The van der Waals surface area contributed by atoms with E-state index in [2.05, 4.69) is 58.4 Å². The standard InChI is InChI=1S/C13H28N2/c1-12(2,3)11-14(7)9-8-10-15(11)13(4,5)6/h11H,8-10H2,1-7H3. The second-order valence-electron chi connectivity index (χ2n) is 6.94. The molecule has 2 heteroatoms. The van der Waals surface area contributed by atoms with E-state index in [1.165, 1.54) is 19.5 Å². The van der Waals surface area contributed by atoms with Crippen molar-refractivity contribution in [1.29, 1.82) is 0 Å². The van der Waals surface area contributed by atoms with Crippen molar-refractivity contribution in [3.8, 4) is 0 Å². The minimum atomic E-state index is 0.270. The van der Waals surface area contributed by atoms with Gasteiger partial charge < -0.3 is 0 Å². The molecule has 2 nitrogen and oxygen atoms in total. The van der Waals surface area contributed by atoms with Crippen LogP contribution in [0.15, 0.2) is 0 Å². The molecule has 1 unspecified atom stereocenters. The average Bonchev–Trinajstić information content (AvgIpc) is 1.99. The highest BCUT2D eigenvalue weighted by Crippen LogP contribution is 2.33. The summed E-state index contributed by atoms with van der Waals surface area (Å²) < 4.78 is 0. The molecule has 15 heavy (non-hydrogen) atoms. The molecule has 90 valence electrons. The fourth-order valence-corrected chi connectivity index (χ4v) is 2.80. The Morgan fingerprint density at radius 1 is 0.933 bits per heavy atom. The Balaban J connectivity index is 2.93. The van der Waals surface area contributed by atoms with Crippen LogP contribution in [0.1, 0.15) is 48.0 Å². The SMILES string of the molecule is CN1CCCN(C(C)(C)C)C1C(C)(C)C. The molecule has 1 fully saturated rings.